The Balaban J connectivity index is 2.11. The van der Waals surface area contributed by atoms with Crippen LogP contribution in [0.3, 0.4) is 0 Å². The molecule has 0 heterocycles. The summed E-state index contributed by atoms with van der Waals surface area (Å²) in [5.74, 6) is 0.348. The quantitative estimate of drug-likeness (QED) is 0.885. The van der Waals surface area contributed by atoms with Gasteiger partial charge in [0.25, 0.3) is 0 Å². The molecule has 1 aliphatic carbocycles. The monoisotopic (exact) mass is 313 g/mol. The van der Waals surface area contributed by atoms with Gasteiger partial charge in [-0.05, 0) is 54.4 Å². The van der Waals surface area contributed by atoms with Crippen molar-refractivity contribution in [2.75, 3.05) is 0 Å². The summed E-state index contributed by atoms with van der Waals surface area (Å²) in [6.07, 6.45) is 4.27. The molecule has 0 aromatic heterocycles. The zero-order valence-electron chi connectivity index (χ0n) is 11.0. The topological polar surface area (TPSA) is 26.0 Å². The molecule has 0 spiro atoms. The molecular formula is C15H21BrFN. The van der Waals surface area contributed by atoms with Crippen molar-refractivity contribution in [3.8, 4) is 0 Å². The SMILES string of the molecule is CC1(C)CCCC1C(N)Cc1cc(Br)ccc1F. The summed E-state index contributed by atoms with van der Waals surface area (Å²) in [6, 6.07) is 5.12. The number of benzene rings is 1. The maximum atomic E-state index is 13.7. The van der Waals surface area contributed by atoms with Crippen LogP contribution in [0.2, 0.25) is 0 Å². The number of halogens is 2. The second kappa shape index (κ2) is 5.30. The Morgan fingerprint density at radius 3 is 2.83 bits per heavy atom. The number of nitrogens with two attached hydrogens (primary N) is 1. The van der Waals surface area contributed by atoms with Crippen molar-refractivity contribution in [2.45, 2.75) is 45.6 Å². The van der Waals surface area contributed by atoms with E-state index < -0.39 is 0 Å². The van der Waals surface area contributed by atoms with Crippen LogP contribution in [0.4, 0.5) is 4.39 Å². The van der Waals surface area contributed by atoms with Crippen LogP contribution in [0.5, 0.6) is 0 Å². The van der Waals surface area contributed by atoms with E-state index in [9.17, 15) is 4.39 Å². The van der Waals surface area contributed by atoms with Crippen molar-refractivity contribution in [3.63, 3.8) is 0 Å². The van der Waals surface area contributed by atoms with Gasteiger partial charge in [-0.15, -0.1) is 0 Å². The first-order chi connectivity index (χ1) is 8.40. The summed E-state index contributed by atoms with van der Waals surface area (Å²) in [7, 11) is 0. The van der Waals surface area contributed by atoms with Crippen molar-refractivity contribution in [1.82, 2.24) is 0 Å². The molecule has 1 saturated carbocycles. The van der Waals surface area contributed by atoms with Gasteiger partial charge in [-0.25, -0.2) is 4.39 Å². The Hall–Kier alpha value is -0.410. The lowest BCUT2D eigenvalue weighted by Gasteiger charge is -2.32. The van der Waals surface area contributed by atoms with Gasteiger partial charge in [0.2, 0.25) is 0 Å². The van der Waals surface area contributed by atoms with Crippen LogP contribution >= 0.6 is 15.9 Å². The lowest BCUT2D eigenvalue weighted by Crippen LogP contribution is -2.38. The van der Waals surface area contributed by atoms with E-state index in [-0.39, 0.29) is 11.9 Å². The van der Waals surface area contributed by atoms with Gasteiger partial charge in [0.15, 0.2) is 0 Å². The highest BCUT2D eigenvalue weighted by Crippen LogP contribution is 2.44. The number of hydrogen-bond acceptors (Lipinski definition) is 1. The molecule has 1 aliphatic rings. The predicted molar refractivity (Wildman–Crippen MR) is 76.9 cm³/mol. The smallest absolute Gasteiger partial charge is 0.126 e. The van der Waals surface area contributed by atoms with Gasteiger partial charge in [0, 0.05) is 10.5 Å². The maximum absolute atomic E-state index is 13.7. The third kappa shape index (κ3) is 2.94. The fourth-order valence-electron chi connectivity index (χ4n) is 3.24. The third-order valence-electron chi connectivity index (χ3n) is 4.32. The molecule has 0 radical (unpaired) electrons. The van der Waals surface area contributed by atoms with E-state index in [1.807, 2.05) is 6.07 Å². The highest BCUT2D eigenvalue weighted by atomic mass is 79.9. The first-order valence-electron chi connectivity index (χ1n) is 6.59. The molecule has 2 unspecified atom stereocenters. The van der Waals surface area contributed by atoms with Gasteiger partial charge in [0.05, 0.1) is 0 Å². The van der Waals surface area contributed by atoms with Gasteiger partial charge >= 0.3 is 0 Å². The third-order valence-corrected chi connectivity index (χ3v) is 4.81. The van der Waals surface area contributed by atoms with E-state index in [2.05, 4.69) is 29.8 Å². The van der Waals surface area contributed by atoms with E-state index in [0.29, 0.717) is 17.8 Å². The molecule has 3 heteroatoms. The summed E-state index contributed by atoms with van der Waals surface area (Å²) in [5, 5.41) is 0. The largest absolute Gasteiger partial charge is 0.327 e. The molecule has 100 valence electrons. The lowest BCUT2D eigenvalue weighted by atomic mass is 9.76. The zero-order valence-corrected chi connectivity index (χ0v) is 12.6. The second-order valence-corrected chi connectivity index (χ2v) is 7.01. The molecule has 1 aromatic carbocycles. The highest BCUT2D eigenvalue weighted by molar-refractivity contribution is 9.10. The van der Waals surface area contributed by atoms with Crippen molar-refractivity contribution >= 4 is 15.9 Å². The Labute approximate surface area is 117 Å². The van der Waals surface area contributed by atoms with E-state index >= 15 is 0 Å². The van der Waals surface area contributed by atoms with Gasteiger partial charge in [-0.3, -0.25) is 0 Å². The van der Waals surface area contributed by atoms with E-state index in [1.165, 1.54) is 25.3 Å². The Bertz CT molecular complexity index is 431. The van der Waals surface area contributed by atoms with Gasteiger partial charge < -0.3 is 5.73 Å². The number of rotatable bonds is 3. The Morgan fingerprint density at radius 2 is 2.22 bits per heavy atom. The standard InChI is InChI=1S/C15H21BrFN/c1-15(2)7-3-4-12(15)14(18)9-10-8-11(16)5-6-13(10)17/h5-6,8,12,14H,3-4,7,9,18H2,1-2H3. The molecule has 0 amide bonds. The van der Waals surface area contributed by atoms with Crippen LogP contribution in [0.1, 0.15) is 38.7 Å². The van der Waals surface area contributed by atoms with Crippen LogP contribution in [0, 0.1) is 17.2 Å². The molecule has 1 nitrogen and oxygen atoms in total. The van der Waals surface area contributed by atoms with Gasteiger partial charge in [-0.2, -0.15) is 0 Å². The zero-order chi connectivity index (χ0) is 13.3. The molecule has 2 atom stereocenters. The molecule has 2 N–H and O–H groups in total. The minimum Gasteiger partial charge on any atom is -0.327 e. The van der Waals surface area contributed by atoms with Crippen molar-refractivity contribution in [1.29, 1.82) is 0 Å². The van der Waals surface area contributed by atoms with E-state index in [0.717, 1.165) is 10.0 Å². The molecule has 1 aromatic rings. The predicted octanol–water partition coefficient (Wildman–Crippen LogP) is 4.28. The van der Waals surface area contributed by atoms with Crippen LogP contribution in [-0.2, 0) is 6.42 Å². The molecule has 0 aliphatic heterocycles. The average molecular weight is 314 g/mol. The van der Waals surface area contributed by atoms with Crippen molar-refractivity contribution in [3.05, 3.63) is 34.1 Å². The fraction of sp³-hybridized carbons (Fsp3) is 0.600. The summed E-state index contributed by atoms with van der Waals surface area (Å²) in [4.78, 5) is 0. The first-order valence-corrected chi connectivity index (χ1v) is 7.39. The van der Waals surface area contributed by atoms with E-state index in [1.54, 1.807) is 6.07 Å². The molecule has 2 rings (SSSR count). The molecule has 1 fully saturated rings. The lowest BCUT2D eigenvalue weighted by molar-refractivity contribution is 0.219. The molecular weight excluding hydrogens is 293 g/mol. The summed E-state index contributed by atoms with van der Waals surface area (Å²) in [5.41, 5.74) is 7.34. The molecule has 0 bridgehead atoms. The second-order valence-electron chi connectivity index (χ2n) is 6.09. The minimum absolute atomic E-state index is 0.0475. The summed E-state index contributed by atoms with van der Waals surface area (Å²) in [6.45, 7) is 4.56. The highest BCUT2D eigenvalue weighted by Gasteiger charge is 2.38. The number of hydrogen-bond donors (Lipinski definition) is 1. The van der Waals surface area contributed by atoms with Gasteiger partial charge in [-0.1, -0.05) is 36.2 Å². The van der Waals surface area contributed by atoms with Crippen LogP contribution in [0.25, 0.3) is 0 Å². The minimum atomic E-state index is -0.149. The Kier molecular flexibility index (Phi) is 4.12. The molecule has 18 heavy (non-hydrogen) atoms. The van der Waals surface area contributed by atoms with Crippen LogP contribution < -0.4 is 5.73 Å². The molecule has 0 saturated heterocycles. The van der Waals surface area contributed by atoms with E-state index in [4.69, 9.17) is 5.73 Å². The normalized spacial score (nSPS) is 24.2. The van der Waals surface area contributed by atoms with Crippen LogP contribution in [-0.4, -0.2) is 6.04 Å². The summed E-state index contributed by atoms with van der Waals surface area (Å²) < 4.78 is 14.6. The van der Waals surface area contributed by atoms with Crippen molar-refractivity contribution in [2.24, 2.45) is 17.1 Å². The Morgan fingerprint density at radius 1 is 1.50 bits per heavy atom. The van der Waals surface area contributed by atoms with Crippen LogP contribution in [0.15, 0.2) is 22.7 Å². The fourth-order valence-corrected chi connectivity index (χ4v) is 3.65. The maximum Gasteiger partial charge on any atom is 0.126 e. The first kappa shape index (κ1) is 14.0. The van der Waals surface area contributed by atoms with Crippen molar-refractivity contribution < 1.29 is 4.39 Å². The summed E-state index contributed by atoms with van der Waals surface area (Å²) >= 11 is 3.38. The van der Waals surface area contributed by atoms with Gasteiger partial charge in [0.1, 0.15) is 5.82 Å². The average Bonchev–Trinajstić information content (AvgIpc) is 2.63.